The maximum atomic E-state index is 10.7. The van der Waals surface area contributed by atoms with Gasteiger partial charge in [0.05, 0.1) is 12.7 Å². The van der Waals surface area contributed by atoms with Crippen molar-refractivity contribution in [1.82, 2.24) is 9.97 Å². The molecule has 1 aromatic heterocycles. The fourth-order valence-corrected chi connectivity index (χ4v) is 1.21. The van der Waals surface area contributed by atoms with Crippen LogP contribution in [0.25, 0.3) is 0 Å². The summed E-state index contributed by atoms with van der Waals surface area (Å²) in [5, 5.41) is 9.51. The third-order valence-electron chi connectivity index (χ3n) is 1.94. The van der Waals surface area contributed by atoms with Crippen LogP contribution in [0.2, 0.25) is 0 Å². The number of rotatable bonds is 3. The number of nitrogens with zero attached hydrogens (tertiary/aromatic N) is 1. The molecule has 80 valence electrons. The van der Waals surface area contributed by atoms with Gasteiger partial charge in [0, 0.05) is 11.9 Å². The highest BCUT2D eigenvalue weighted by atomic mass is 16.9. The lowest BCUT2D eigenvalue weighted by Gasteiger charge is -2.17. The maximum absolute atomic E-state index is 10.7. The number of hydrogen-bond donors (Lipinski definition) is 2. The van der Waals surface area contributed by atoms with Crippen LogP contribution in [-0.2, 0) is 25.5 Å². The molecule has 0 aromatic carbocycles. The summed E-state index contributed by atoms with van der Waals surface area (Å²) in [6.45, 7) is 0. The minimum Gasteiger partial charge on any atom is -0.389 e. The van der Waals surface area contributed by atoms with E-state index in [4.69, 9.17) is 0 Å². The standard InChI is InChI=1S/C8H8N2O5/c11-6-7(12)15-8(13,14-6)2-1-5-3-9-4-10-5/h3-4,13H,1-2H2,(H,9,10). The molecular formula is C8H8N2O5. The van der Waals surface area contributed by atoms with Gasteiger partial charge < -0.3 is 19.6 Å². The van der Waals surface area contributed by atoms with Gasteiger partial charge in [-0.2, -0.15) is 0 Å². The van der Waals surface area contributed by atoms with Crippen molar-refractivity contribution < 1.29 is 24.2 Å². The highest BCUT2D eigenvalue weighted by Crippen LogP contribution is 2.23. The summed E-state index contributed by atoms with van der Waals surface area (Å²) < 4.78 is 8.74. The van der Waals surface area contributed by atoms with E-state index in [0.717, 1.165) is 5.69 Å². The average molecular weight is 212 g/mol. The molecule has 1 aromatic rings. The van der Waals surface area contributed by atoms with Crippen LogP contribution >= 0.6 is 0 Å². The zero-order valence-corrected chi connectivity index (χ0v) is 7.60. The first-order valence-corrected chi connectivity index (χ1v) is 4.25. The Bertz CT molecular complexity index is 370. The Morgan fingerprint density at radius 3 is 2.60 bits per heavy atom. The van der Waals surface area contributed by atoms with E-state index < -0.39 is 17.9 Å². The van der Waals surface area contributed by atoms with Crippen LogP contribution < -0.4 is 0 Å². The molecule has 0 spiro atoms. The van der Waals surface area contributed by atoms with Crippen LogP contribution in [-0.4, -0.2) is 33.0 Å². The highest BCUT2D eigenvalue weighted by molar-refractivity contribution is 6.31. The molecule has 0 aliphatic carbocycles. The third-order valence-corrected chi connectivity index (χ3v) is 1.94. The van der Waals surface area contributed by atoms with Crippen molar-refractivity contribution in [2.75, 3.05) is 0 Å². The van der Waals surface area contributed by atoms with Gasteiger partial charge in [-0.15, -0.1) is 0 Å². The molecule has 0 radical (unpaired) electrons. The number of cyclic esters (lactones) is 2. The number of esters is 2. The Morgan fingerprint density at radius 2 is 2.07 bits per heavy atom. The third kappa shape index (κ3) is 1.96. The molecule has 0 atom stereocenters. The first-order chi connectivity index (χ1) is 7.09. The number of nitrogens with one attached hydrogen (secondary N) is 1. The molecule has 1 aliphatic rings. The second kappa shape index (κ2) is 3.35. The summed E-state index contributed by atoms with van der Waals surface area (Å²) >= 11 is 0. The van der Waals surface area contributed by atoms with E-state index >= 15 is 0 Å². The molecule has 7 heteroatoms. The normalized spacial score (nSPS) is 18.7. The van der Waals surface area contributed by atoms with E-state index in [9.17, 15) is 14.7 Å². The first-order valence-electron chi connectivity index (χ1n) is 4.25. The van der Waals surface area contributed by atoms with Crippen molar-refractivity contribution in [3.63, 3.8) is 0 Å². The lowest BCUT2D eigenvalue weighted by molar-refractivity contribution is -0.294. The lowest BCUT2D eigenvalue weighted by Crippen LogP contribution is -2.30. The smallest absolute Gasteiger partial charge is 0.389 e. The fraction of sp³-hybridized carbons (Fsp3) is 0.375. The van der Waals surface area contributed by atoms with Crippen molar-refractivity contribution in [2.24, 2.45) is 0 Å². The number of aromatic nitrogens is 2. The zero-order chi connectivity index (χ0) is 10.9. The monoisotopic (exact) mass is 212 g/mol. The minimum atomic E-state index is -2.14. The first kappa shape index (κ1) is 9.66. The number of H-pyrrole nitrogens is 1. The second-order valence-corrected chi connectivity index (χ2v) is 3.07. The Kier molecular flexibility index (Phi) is 2.16. The molecule has 2 rings (SSSR count). The van der Waals surface area contributed by atoms with Gasteiger partial charge in [-0.3, -0.25) is 0 Å². The number of carbonyl (C=O) groups excluding carboxylic acids is 2. The van der Waals surface area contributed by atoms with Gasteiger partial charge in [-0.25, -0.2) is 14.6 Å². The maximum Gasteiger partial charge on any atom is 0.422 e. The van der Waals surface area contributed by atoms with Gasteiger partial charge in [0.15, 0.2) is 0 Å². The van der Waals surface area contributed by atoms with Crippen LogP contribution in [0, 0.1) is 0 Å². The predicted molar refractivity (Wildman–Crippen MR) is 44.0 cm³/mol. The molecule has 1 fully saturated rings. The number of imidazole rings is 1. The fourth-order valence-electron chi connectivity index (χ4n) is 1.21. The molecule has 2 heterocycles. The summed E-state index contributed by atoms with van der Waals surface area (Å²) in [7, 11) is 0. The average Bonchev–Trinajstić information content (AvgIpc) is 2.74. The van der Waals surface area contributed by atoms with Crippen molar-refractivity contribution in [1.29, 1.82) is 0 Å². The van der Waals surface area contributed by atoms with Gasteiger partial charge in [0.1, 0.15) is 0 Å². The number of ether oxygens (including phenoxy) is 2. The molecule has 0 saturated carbocycles. The van der Waals surface area contributed by atoms with E-state index in [1.54, 1.807) is 6.20 Å². The molecule has 0 amide bonds. The van der Waals surface area contributed by atoms with Crippen molar-refractivity contribution >= 4 is 11.9 Å². The van der Waals surface area contributed by atoms with E-state index in [1.807, 2.05) is 0 Å². The summed E-state index contributed by atoms with van der Waals surface area (Å²) in [5.41, 5.74) is 0.738. The molecule has 2 N–H and O–H groups in total. The molecule has 1 saturated heterocycles. The summed E-state index contributed by atoms with van der Waals surface area (Å²) in [5.74, 6) is -4.50. The Hall–Kier alpha value is -1.89. The van der Waals surface area contributed by atoms with Crippen LogP contribution in [0.4, 0.5) is 0 Å². The van der Waals surface area contributed by atoms with Gasteiger partial charge in [-0.1, -0.05) is 0 Å². The van der Waals surface area contributed by atoms with Crippen LogP contribution in [0.15, 0.2) is 12.5 Å². The molecule has 7 nitrogen and oxygen atoms in total. The number of aliphatic hydroxyl groups is 1. The predicted octanol–water partition coefficient (Wildman–Crippen LogP) is -0.912. The SMILES string of the molecule is O=C1OC(O)(CCc2cnc[nH]2)OC1=O. The second-order valence-electron chi connectivity index (χ2n) is 3.07. The van der Waals surface area contributed by atoms with Crippen LogP contribution in [0.5, 0.6) is 0 Å². The summed E-state index contributed by atoms with van der Waals surface area (Å²) in [6.07, 6.45) is 3.34. The molecule has 1 aliphatic heterocycles. The van der Waals surface area contributed by atoms with Gasteiger partial charge in [0.2, 0.25) is 0 Å². The van der Waals surface area contributed by atoms with Crippen molar-refractivity contribution in [3.8, 4) is 0 Å². The topological polar surface area (TPSA) is 102 Å². The molecular weight excluding hydrogens is 204 g/mol. The Balaban J connectivity index is 1.95. The summed E-state index contributed by atoms with van der Waals surface area (Å²) in [4.78, 5) is 27.9. The summed E-state index contributed by atoms with van der Waals surface area (Å²) in [6, 6.07) is 0. The van der Waals surface area contributed by atoms with E-state index in [0.29, 0.717) is 6.42 Å². The van der Waals surface area contributed by atoms with E-state index in [1.165, 1.54) is 6.33 Å². The van der Waals surface area contributed by atoms with Gasteiger partial charge >= 0.3 is 17.9 Å². The quantitative estimate of drug-likeness (QED) is 0.496. The number of aryl methyl sites for hydroxylation is 1. The zero-order valence-electron chi connectivity index (χ0n) is 7.60. The van der Waals surface area contributed by atoms with E-state index in [-0.39, 0.29) is 6.42 Å². The van der Waals surface area contributed by atoms with Gasteiger partial charge in [-0.05, 0) is 6.42 Å². The Labute approximate surface area is 84.0 Å². The minimum absolute atomic E-state index is 0.0350. The number of carbonyl (C=O) groups is 2. The van der Waals surface area contributed by atoms with Crippen LogP contribution in [0.3, 0.4) is 0 Å². The van der Waals surface area contributed by atoms with Crippen molar-refractivity contribution in [2.45, 2.75) is 18.8 Å². The lowest BCUT2D eigenvalue weighted by atomic mass is 10.2. The molecule has 0 bridgehead atoms. The largest absolute Gasteiger partial charge is 0.422 e. The van der Waals surface area contributed by atoms with Gasteiger partial charge in [0.25, 0.3) is 0 Å². The number of hydrogen-bond acceptors (Lipinski definition) is 6. The van der Waals surface area contributed by atoms with E-state index in [2.05, 4.69) is 19.4 Å². The van der Waals surface area contributed by atoms with Crippen molar-refractivity contribution in [3.05, 3.63) is 18.2 Å². The number of aromatic amines is 1. The van der Waals surface area contributed by atoms with Crippen LogP contribution in [0.1, 0.15) is 12.1 Å². The Morgan fingerprint density at radius 1 is 1.40 bits per heavy atom. The molecule has 0 unspecified atom stereocenters. The molecule has 15 heavy (non-hydrogen) atoms. The highest BCUT2D eigenvalue weighted by Gasteiger charge is 2.47.